The van der Waals surface area contributed by atoms with Gasteiger partial charge in [0.1, 0.15) is 0 Å². The summed E-state index contributed by atoms with van der Waals surface area (Å²) in [6.45, 7) is 4.69. The second kappa shape index (κ2) is 9.33. The molecule has 1 N–H and O–H groups in total. The molecule has 1 heterocycles. The first-order chi connectivity index (χ1) is 21.5. The van der Waals surface area contributed by atoms with Gasteiger partial charge < -0.3 is 10.1 Å². The minimum atomic E-state index is -0.197. The van der Waals surface area contributed by atoms with Gasteiger partial charge in [0, 0.05) is 16.4 Å². The fraction of sp³-hybridized carbons (Fsp3) is 0.0952. The lowest BCUT2D eigenvalue weighted by atomic mass is 9.81. The molecule has 44 heavy (non-hydrogen) atoms. The van der Waals surface area contributed by atoms with E-state index < -0.39 is 0 Å². The normalized spacial score (nSPS) is 15.8. The largest absolute Gasteiger partial charge is 0.464 e. The second-order valence-corrected chi connectivity index (χ2v) is 12.6. The second-order valence-electron chi connectivity index (χ2n) is 12.6. The molecular formula is C42H31NO. The third-order valence-electron chi connectivity index (χ3n) is 9.69. The van der Waals surface area contributed by atoms with Gasteiger partial charge in [-0.25, -0.2) is 0 Å². The molecular weight excluding hydrogens is 534 g/mol. The van der Waals surface area contributed by atoms with Crippen molar-refractivity contribution in [2.75, 3.05) is 5.32 Å². The van der Waals surface area contributed by atoms with Crippen molar-refractivity contribution in [3.8, 4) is 39.1 Å². The standard InChI is InChI=1S/C42H31NO/c1-42(2)36-14-7-6-13-33(36)34-21-19-32(25-37(34)42)30-12-8-11-29(23-30)31-18-16-26-15-17-27-20-22-38-40(39(27)35(26)24-31)44-41(43-38)28-9-4-3-5-10-28/h3-25,41,43H,1-2H3. The quantitative estimate of drug-likeness (QED) is 0.215. The Morgan fingerprint density at radius 2 is 1.20 bits per heavy atom. The van der Waals surface area contributed by atoms with Gasteiger partial charge in [-0.3, -0.25) is 0 Å². The molecule has 0 spiro atoms. The highest BCUT2D eigenvalue weighted by atomic mass is 16.5. The lowest BCUT2D eigenvalue weighted by molar-refractivity contribution is 0.263. The van der Waals surface area contributed by atoms with Gasteiger partial charge in [0.05, 0.1) is 5.69 Å². The van der Waals surface area contributed by atoms with E-state index >= 15 is 0 Å². The van der Waals surface area contributed by atoms with E-state index in [1.807, 2.05) is 6.07 Å². The van der Waals surface area contributed by atoms with Crippen LogP contribution in [0.3, 0.4) is 0 Å². The van der Waals surface area contributed by atoms with Gasteiger partial charge in [-0.05, 0) is 84.9 Å². The van der Waals surface area contributed by atoms with Crippen molar-refractivity contribution in [3.63, 3.8) is 0 Å². The monoisotopic (exact) mass is 565 g/mol. The molecule has 0 bridgehead atoms. The van der Waals surface area contributed by atoms with Gasteiger partial charge in [-0.1, -0.05) is 129 Å². The van der Waals surface area contributed by atoms with Gasteiger partial charge >= 0.3 is 0 Å². The third kappa shape index (κ3) is 3.74. The Morgan fingerprint density at radius 3 is 2.07 bits per heavy atom. The predicted octanol–water partition coefficient (Wildman–Crippen LogP) is 11.1. The molecule has 210 valence electrons. The third-order valence-corrected chi connectivity index (χ3v) is 9.69. The molecule has 7 aromatic carbocycles. The first-order valence-electron chi connectivity index (χ1n) is 15.4. The molecule has 1 unspecified atom stereocenters. The van der Waals surface area contributed by atoms with Gasteiger partial charge in [0.2, 0.25) is 0 Å². The molecule has 0 aromatic heterocycles. The van der Waals surface area contributed by atoms with Crippen LogP contribution in [0.4, 0.5) is 5.69 Å². The molecule has 0 saturated heterocycles. The van der Waals surface area contributed by atoms with Crippen LogP contribution in [0.2, 0.25) is 0 Å². The van der Waals surface area contributed by atoms with Gasteiger partial charge in [-0.15, -0.1) is 0 Å². The minimum absolute atomic E-state index is 0.0182. The first-order valence-corrected chi connectivity index (χ1v) is 15.4. The molecule has 0 saturated carbocycles. The van der Waals surface area contributed by atoms with Crippen LogP contribution in [0.5, 0.6) is 5.75 Å². The van der Waals surface area contributed by atoms with Crippen molar-refractivity contribution in [3.05, 3.63) is 156 Å². The fourth-order valence-electron chi connectivity index (χ4n) is 7.36. The van der Waals surface area contributed by atoms with E-state index in [2.05, 4.69) is 153 Å². The average molecular weight is 566 g/mol. The van der Waals surface area contributed by atoms with Crippen LogP contribution in [0, 0.1) is 0 Å². The van der Waals surface area contributed by atoms with Crippen LogP contribution in [-0.2, 0) is 5.41 Å². The summed E-state index contributed by atoms with van der Waals surface area (Å²) in [7, 11) is 0. The lowest BCUT2D eigenvalue weighted by Crippen LogP contribution is -2.14. The van der Waals surface area contributed by atoms with Crippen LogP contribution >= 0.6 is 0 Å². The SMILES string of the molecule is CC1(C)c2ccccc2-c2ccc(-c3cccc(-c4ccc5ccc6ccc7c(c6c5c4)OC(c4ccccc4)N7)c3)cc21. The summed E-state index contributed by atoms with van der Waals surface area (Å²) in [5.74, 6) is 0.926. The number of hydrogen-bond acceptors (Lipinski definition) is 2. The number of fused-ring (bicyclic) bond motifs is 8. The van der Waals surface area contributed by atoms with E-state index in [4.69, 9.17) is 4.74 Å². The summed E-state index contributed by atoms with van der Waals surface area (Å²) in [4.78, 5) is 0. The highest BCUT2D eigenvalue weighted by Crippen LogP contribution is 2.50. The van der Waals surface area contributed by atoms with Gasteiger partial charge in [-0.2, -0.15) is 0 Å². The Balaban J connectivity index is 1.13. The van der Waals surface area contributed by atoms with Gasteiger partial charge in [0.25, 0.3) is 0 Å². The summed E-state index contributed by atoms with van der Waals surface area (Å²) in [5, 5.41) is 8.33. The zero-order chi connectivity index (χ0) is 29.4. The summed E-state index contributed by atoms with van der Waals surface area (Å²) >= 11 is 0. The summed E-state index contributed by atoms with van der Waals surface area (Å²) in [6.07, 6.45) is -0.197. The van der Waals surface area contributed by atoms with Crippen LogP contribution < -0.4 is 10.1 Å². The molecule has 0 radical (unpaired) electrons. The maximum atomic E-state index is 6.60. The Hall–Kier alpha value is -5.34. The lowest BCUT2D eigenvalue weighted by Gasteiger charge is -2.22. The van der Waals surface area contributed by atoms with E-state index in [0.717, 1.165) is 22.4 Å². The average Bonchev–Trinajstić information content (AvgIpc) is 3.62. The number of benzene rings is 7. The van der Waals surface area contributed by atoms with Crippen LogP contribution in [0.1, 0.15) is 36.8 Å². The van der Waals surface area contributed by atoms with E-state index in [1.54, 1.807) is 0 Å². The van der Waals surface area contributed by atoms with Gasteiger partial charge in [0.15, 0.2) is 12.0 Å². The van der Waals surface area contributed by atoms with Crippen molar-refractivity contribution in [1.82, 2.24) is 0 Å². The van der Waals surface area contributed by atoms with Crippen LogP contribution in [0.15, 0.2) is 140 Å². The van der Waals surface area contributed by atoms with E-state index in [-0.39, 0.29) is 11.6 Å². The Bertz CT molecular complexity index is 2260. The Morgan fingerprint density at radius 1 is 0.545 bits per heavy atom. The smallest absolute Gasteiger partial charge is 0.196 e. The zero-order valence-corrected chi connectivity index (χ0v) is 24.8. The fourth-order valence-corrected chi connectivity index (χ4v) is 7.36. The maximum Gasteiger partial charge on any atom is 0.196 e. The molecule has 1 aliphatic heterocycles. The summed E-state index contributed by atoms with van der Waals surface area (Å²) < 4.78 is 6.60. The Labute approximate surface area is 257 Å². The molecule has 0 fully saturated rings. The molecule has 2 aliphatic rings. The van der Waals surface area contributed by atoms with Crippen molar-refractivity contribution in [1.29, 1.82) is 0 Å². The molecule has 1 aliphatic carbocycles. The molecule has 0 amide bonds. The molecule has 1 atom stereocenters. The topological polar surface area (TPSA) is 21.3 Å². The van der Waals surface area contributed by atoms with E-state index in [0.29, 0.717) is 0 Å². The first kappa shape index (κ1) is 25.2. The van der Waals surface area contributed by atoms with Crippen LogP contribution in [0.25, 0.3) is 54.9 Å². The minimum Gasteiger partial charge on any atom is -0.464 e. The highest BCUT2D eigenvalue weighted by molar-refractivity contribution is 6.13. The zero-order valence-electron chi connectivity index (χ0n) is 24.8. The van der Waals surface area contributed by atoms with E-state index in [1.165, 1.54) is 60.7 Å². The van der Waals surface area contributed by atoms with Crippen molar-refractivity contribution in [2.45, 2.75) is 25.5 Å². The maximum absolute atomic E-state index is 6.60. The summed E-state index contributed by atoms with van der Waals surface area (Å²) in [5.41, 5.74) is 12.5. The predicted molar refractivity (Wildman–Crippen MR) is 183 cm³/mol. The van der Waals surface area contributed by atoms with Crippen molar-refractivity contribution < 1.29 is 4.74 Å². The Kier molecular flexibility index (Phi) is 5.34. The molecule has 2 nitrogen and oxygen atoms in total. The molecule has 2 heteroatoms. The molecule has 7 aromatic rings. The van der Waals surface area contributed by atoms with Crippen molar-refractivity contribution >= 4 is 27.2 Å². The molecule has 9 rings (SSSR count). The van der Waals surface area contributed by atoms with Crippen molar-refractivity contribution in [2.24, 2.45) is 0 Å². The number of ether oxygens (including phenoxy) is 1. The summed E-state index contributed by atoms with van der Waals surface area (Å²) in [6, 6.07) is 50.7. The number of hydrogen-bond donors (Lipinski definition) is 1. The van der Waals surface area contributed by atoms with Crippen LogP contribution in [-0.4, -0.2) is 0 Å². The number of rotatable bonds is 3. The highest BCUT2D eigenvalue weighted by Gasteiger charge is 2.35. The number of nitrogens with one attached hydrogen (secondary N) is 1. The number of anilines is 1. The van der Waals surface area contributed by atoms with E-state index in [9.17, 15) is 0 Å².